The van der Waals surface area contributed by atoms with Crippen LogP contribution in [-0.4, -0.2) is 44.0 Å². The van der Waals surface area contributed by atoms with Crippen LogP contribution in [0.15, 0.2) is 34.9 Å². The minimum atomic E-state index is 0.411. The Morgan fingerprint density at radius 2 is 2.25 bits per heavy atom. The Morgan fingerprint density at radius 3 is 3.05 bits per heavy atom. The summed E-state index contributed by atoms with van der Waals surface area (Å²) < 4.78 is 10.4. The number of anilines is 1. The van der Waals surface area contributed by atoms with E-state index in [1.807, 2.05) is 30.3 Å². The van der Waals surface area contributed by atoms with Crippen molar-refractivity contribution >= 4 is 13.6 Å². The summed E-state index contributed by atoms with van der Waals surface area (Å²) in [5.41, 5.74) is 0.944. The zero-order valence-corrected chi connectivity index (χ0v) is 11.5. The molecule has 0 bridgehead atoms. The van der Waals surface area contributed by atoms with Crippen molar-refractivity contribution in [3.63, 3.8) is 0 Å². The Morgan fingerprint density at radius 1 is 1.40 bits per heavy atom. The molecule has 1 atom stereocenters. The van der Waals surface area contributed by atoms with E-state index in [0.29, 0.717) is 25.5 Å². The van der Waals surface area contributed by atoms with Gasteiger partial charge in [-0.3, -0.25) is 0 Å². The first-order valence-electron chi connectivity index (χ1n) is 6.73. The molecule has 2 heterocycles. The fourth-order valence-electron chi connectivity index (χ4n) is 2.35. The van der Waals surface area contributed by atoms with E-state index < -0.39 is 0 Å². The Kier molecular flexibility index (Phi) is 3.99. The highest BCUT2D eigenvalue weighted by molar-refractivity contribution is 6.23. The molecule has 6 nitrogen and oxygen atoms in total. The molecule has 1 fully saturated rings. The molecule has 0 spiro atoms. The minimum Gasteiger partial charge on any atom is -0.427 e. The number of nitrogens with zero attached hydrogens (tertiary/aromatic N) is 3. The lowest BCUT2D eigenvalue weighted by Gasteiger charge is -2.13. The van der Waals surface area contributed by atoms with Gasteiger partial charge in [0.25, 0.3) is 11.8 Å². The van der Waals surface area contributed by atoms with Gasteiger partial charge in [-0.15, -0.1) is 0 Å². The Labute approximate surface area is 118 Å². The zero-order chi connectivity index (χ0) is 13.8. The molecule has 1 aliphatic heterocycles. The number of benzene rings is 1. The second kappa shape index (κ2) is 6.07. The summed E-state index contributed by atoms with van der Waals surface area (Å²) in [6, 6.07) is 10.2. The number of rotatable bonds is 5. The van der Waals surface area contributed by atoms with Crippen molar-refractivity contribution in [3.8, 4) is 11.5 Å². The maximum Gasteiger partial charge on any atom is 0.360 e. The third-order valence-corrected chi connectivity index (χ3v) is 3.42. The van der Waals surface area contributed by atoms with E-state index in [1.54, 1.807) is 7.11 Å². The average molecular weight is 272 g/mol. The van der Waals surface area contributed by atoms with Crippen LogP contribution in [0.3, 0.4) is 0 Å². The summed E-state index contributed by atoms with van der Waals surface area (Å²) >= 11 is 0. The molecule has 0 radical (unpaired) electrons. The Hall–Kier alpha value is -1.86. The fraction of sp³-hybridized carbons (Fsp3) is 0.385. The normalized spacial score (nSPS) is 18.4. The average Bonchev–Trinajstić information content (AvgIpc) is 3.15. The maximum absolute atomic E-state index is 5.33. The van der Waals surface area contributed by atoms with Gasteiger partial charge in [0.15, 0.2) is 0 Å². The Balaban J connectivity index is 1.66. The SMILES string of the molecule is COBNC1CCN(c2noc(-c3ccccc3)n2)C1. The number of hydrogen-bond acceptors (Lipinski definition) is 6. The van der Waals surface area contributed by atoms with E-state index >= 15 is 0 Å². The number of nitrogens with one attached hydrogen (secondary N) is 1. The largest absolute Gasteiger partial charge is 0.427 e. The van der Waals surface area contributed by atoms with Gasteiger partial charge in [0.2, 0.25) is 0 Å². The summed E-state index contributed by atoms with van der Waals surface area (Å²) in [5, 5.41) is 7.39. The minimum absolute atomic E-state index is 0.411. The first kappa shape index (κ1) is 13.1. The molecule has 1 N–H and O–H groups in total. The third kappa shape index (κ3) is 2.83. The molecule has 1 unspecified atom stereocenters. The molecular weight excluding hydrogens is 255 g/mol. The molecule has 1 aromatic heterocycles. The number of hydrogen-bond donors (Lipinski definition) is 1. The van der Waals surface area contributed by atoms with Crippen LogP contribution < -0.4 is 10.1 Å². The van der Waals surface area contributed by atoms with Crippen molar-refractivity contribution in [1.82, 2.24) is 15.4 Å². The molecule has 3 rings (SSSR count). The van der Waals surface area contributed by atoms with Gasteiger partial charge in [-0.1, -0.05) is 18.2 Å². The van der Waals surface area contributed by atoms with Crippen LogP contribution in [0, 0.1) is 0 Å². The first-order chi connectivity index (χ1) is 9.86. The van der Waals surface area contributed by atoms with Crippen LogP contribution >= 0.6 is 0 Å². The third-order valence-electron chi connectivity index (χ3n) is 3.42. The molecule has 1 aromatic carbocycles. The molecule has 0 aliphatic carbocycles. The van der Waals surface area contributed by atoms with Crippen molar-refractivity contribution in [2.75, 3.05) is 25.1 Å². The van der Waals surface area contributed by atoms with Crippen molar-refractivity contribution in [3.05, 3.63) is 30.3 Å². The highest BCUT2D eigenvalue weighted by Crippen LogP contribution is 2.22. The maximum atomic E-state index is 5.33. The molecule has 1 aliphatic rings. The van der Waals surface area contributed by atoms with Crippen molar-refractivity contribution < 1.29 is 9.18 Å². The molecule has 104 valence electrons. The molecule has 0 amide bonds. The van der Waals surface area contributed by atoms with E-state index in [9.17, 15) is 0 Å². The van der Waals surface area contributed by atoms with E-state index in [0.717, 1.165) is 25.1 Å². The summed E-state index contributed by atoms with van der Waals surface area (Å²) in [6.45, 7) is 1.80. The second-order valence-corrected chi connectivity index (χ2v) is 4.83. The molecular formula is C13H17BN4O2. The monoisotopic (exact) mass is 272 g/mol. The summed E-state index contributed by atoms with van der Waals surface area (Å²) in [4.78, 5) is 6.59. The smallest absolute Gasteiger partial charge is 0.360 e. The molecule has 20 heavy (non-hydrogen) atoms. The van der Waals surface area contributed by atoms with Crippen molar-refractivity contribution in [2.45, 2.75) is 12.5 Å². The lowest BCUT2D eigenvalue weighted by molar-refractivity contribution is 0.422. The Bertz CT molecular complexity index is 548. The van der Waals surface area contributed by atoms with Gasteiger partial charge in [-0.25, -0.2) is 0 Å². The van der Waals surface area contributed by atoms with Crippen LogP contribution in [-0.2, 0) is 4.65 Å². The van der Waals surface area contributed by atoms with Crippen LogP contribution in [0.25, 0.3) is 11.5 Å². The quantitative estimate of drug-likeness (QED) is 0.813. The second-order valence-electron chi connectivity index (χ2n) is 4.83. The summed E-state index contributed by atoms with van der Waals surface area (Å²) in [5.74, 6) is 1.22. The standard InChI is InChI=1S/C13H17BN4O2/c1-19-14-16-11-7-8-18(9-11)13-15-12(20-17-13)10-5-3-2-4-6-10/h2-6,11,14,16H,7-9H2,1H3. The van der Waals surface area contributed by atoms with Gasteiger partial charge in [-0.05, 0) is 23.7 Å². The van der Waals surface area contributed by atoms with Gasteiger partial charge in [0.1, 0.15) is 0 Å². The molecule has 0 saturated carbocycles. The van der Waals surface area contributed by atoms with E-state index in [-0.39, 0.29) is 0 Å². The highest BCUT2D eigenvalue weighted by Gasteiger charge is 2.25. The van der Waals surface area contributed by atoms with Crippen LogP contribution in [0.1, 0.15) is 6.42 Å². The van der Waals surface area contributed by atoms with Crippen LogP contribution in [0.2, 0.25) is 0 Å². The summed E-state index contributed by atoms with van der Waals surface area (Å²) in [7, 11) is 2.26. The summed E-state index contributed by atoms with van der Waals surface area (Å²) in [6.07, 6.45) is 1.05. The van der Waals surface area contributed by atoms with Gasteiger partial charge in [0, 0.05) is 31.8 Å². The van der Waals surface area contributed by atoms with Gasteiger partial charge < -0.3 is 19.3 Å². The lowest BCUT2D eigenvalue weighted by Crippen LogP contribution is -2.36. The molecule has 7 heteroatoms. The van der Waals surface area contributed by atoms with Crippen LogP contribution in [0.5, 0.6) is 0 Å². The predicted molar refractivity (Wildman–Crippen MR) is 77.6 cm³/mol. The first-order valence-corrected chi connectivity index (χ1v) is 6.73. The van der Waals surface area contributed by atoms with Gasteiger partial charge >= 0.3 is 7.62 Å². The van der Waals surface area contributed by atoms with E-state index in [2.05, 4.69) is 20.3 Å². The van der Waals surface area contributed by atoms with E-state index in [4.69, 9.17) is 9.18 Å². The fourth-order valence-corrected chi connectivity index (χ4v) is 2.35. The molecule has 2 aromatic rings. The van der Waals surface area contributed by atoms with Crippen LogP contribution in [0.4, 0.5) is 5.95 Å². The highest BCUT2D eigenvalue weighted by atomic mass is 16.5. The van der Waals surface area contributed by atoms with Gasteiger partial charge in [-0.2, -0.15) is 4.98 Å². The lowest BCUT2D eigenvalue weighted by atomic mass is 10.1. The number of aromatic nitrogens is 2. The zero-order valence-electron chi connectivity index (χ0n) is 11.5. The van der Waals surface area contributed by atoms with Gasteiger partial charge in [0.05, 0.1) is 0 Å². The molecule has 1 saturated heterocycles. The van der Waals surface area contributed by atoms with Crippen molar-refractivity contribution in [1.29, 1.82) is 0 Å². The topological polar surface area (TPSA) is 63.4 Å². The predicted octanol–water partition coefficient (Wildman–Crippen LogP) is 0.818. The van der Waals surface area contributed by atoms with E-state index in [1.165, 1.54) is 0 Å². The van der Waals surface area contributed by atoms with Crippen molar-refractivity contribution in [2.24, 2.45) is 0 Å².